The molecule has 0 aromatic heterocycles. The molecule has 2 rings (SSSR count). The van der Waals surface area contributed by atoms with Crippen LogP contribution < -0.4 is 10.5 Å². The number of hydrogen-bond acceptors (Lipinski definition) is 3. The van der Waals surface area contributed by atoms with Crippen molar-refractivity contribution in [2.75, 3.05) is 0 Å². The molecule has 3 heteroatoms. The van der Waals surface area contributed by atoms with E-state index in [0.717, 1.165) is 24.8 Å². The van der Waals surface area contributed by atoms with Crippen molar-refractivity contribution in [2.45, 2.75) is 65.0 Å². The maximum absolute atomic E-state index is 9.97. The predicted molar refractivity (Wildman–Crippen MR) is 82.1 cm³/mol. The normalized spacial score (nSPS) is 21.9. The van der Waals surface area contributed by atoms with Crippen LogP contribution in [0, 0.1) is 5.41 Å². The molecule has 1 fully saturated rings. The van der Waals surface area contributed by atoms with E-state index in [9.17, 15) is 5.11 Å². The summed E-state index contributed by atoms with van der Waals surface area (Å²) in [7, 11) is 0. The summed E-state index contributed by atoms with van der Waals surface area (Å²) in [4.78, 5) is 0. The summed E-state index contributed by atoms with van der Waals surface area (Å²) in [6.07, 6.45) is 4.24. The van der Waals surface area contributed by atoms with Gasteiger partial charge in [-0.05, 0) is 62.6 Å². The van der Waals surface area contributed by atoms with Gasteiger partial charge in [0.25, 0.3) is 0 Å². The summed E-state index contributed by atoms with van der Waals surface area (Å²) in [6, 6.07) is 5.54. The average molecular weight is 277 g/mol. The van der Waals surface area contributed by atoms with Gasteiger partial charge < -0.3 is 15.6 Å². The van der Waals surface area contributed by atoms with Crippen molar-refractivity contribution in [1.29, 1.82) is 0 Å². The van der Waals surface area contributed by atoms with Gasteiger partial charge in [0, 0.05) is 5.54 Å². The highest BCUT2D eigenvalue weighted by Gasteiger charge is 2.32. The number of hydrogen-bond donors (Lipinski definition) is 2. The van der Waals surface area contributed by atoms with Crippen LogP contribution in [0.25, 0.3) is 0 Å². The van der Waals surface area contributed by atoms with E-state index in [-0.39, 0.29) is 17.4 Å². The van der Waals surface area contributed by atoms with Crippen molar-refractivity contribution in [3.63, 3.8) is 0 Å². The Kier molecular flexibility index (Phi) is 4.01. The molecule has 3 nitrogen and oxygen atoms in total. The molecule has 1 atom stereocenters. The first kappa shape index (κ1) is 15.2. The van der Waals surface area contributed by atoms with E-state index >= 15 is 0 Å². The summed E-state index contributed by atoms with van der Waals surface area (Å²) in [5, 5.41) is 9.97. The molecule has 0 spiro atoms. The number of phenols is 1. The molecule has 1 saturated carbocycles. The first-order valence-corrected chi connectivity index (χ1v) is 7.42. The molecule has 112 valence electrons. The Hall–Kier alpha value is -1.22. The molecule has 0 bridgehead atoms. The Morgan fingerprint density at radius 2 is 2.10 bits per heavy atom. The number of nitrogens with two attached hydrogens (primary N) is 1. The standard InChI is InChI=1S/C17H27NO2/c1-16(2)8-7-13(11-16)20-15-9-12(5-6-14(15)19)10-17(3,4)18/h5-6,9,13,19H,7-8,10-11,18H2,1-4H3. The molecule has 1 aromatic carbocycles. The second-order valence-corrected chi connectivity index (χ2v) is 7.61. The lowest BCUT2D eigenvalue weighted by Gasteiger charge is -2.21. The van der Waals surface area contributed by atoms with Crippen LogP contribution in [0.3, 0.4) is 0 Å². The van der Waals surface area contributed by atoms with E-state index in [1.54, 1.807) is 6.07 Å². The van der Waals surface area contributed by atoms with Gasteiger partial charge in [0.1, 0.15) is 0 Å². The van der Waals surface area contributed by atoms with Crippen molar-refractivity contribution in [3.05, 3.63) is 23.8 Å². The number of aromatic hydroxyl groups is 1. The summed E-state index contributed by atoms with van der Waals surface area (Å²) in [6.45, 7) is 8.53. The van der Waals surface area contributed by atoms with E-state index in [4.69, 9.17) is 10.5 Å². The van der Waals surface area contributed by atoms with Gasteiger partial charge in [-0.3, -0.25) is 0 Å². The fourth-order valence-electron chi connectivity index (χ4n) is 2.94. The quantitative estimate of drug-likeness (QED) is 0.883. The Morgan fingerprint density at radius 1 is 1.40 bits per heavy atom. The second-order valence-electron chi connectivity index (χ2n) is 7.61. The topological polar surface area (TPSA) is 55.5 Å². The molecule has 3 N–H and O–H groups in total. The summed E-state index contributed by atoms with van der Waals surface area (Å²) in [5.41, 5.74) is 7.24. The lowest BCUT2D eigenvalue weighted by Crippen LogP contribution is -2.34. The van der Waals surface area contributed by atoms with Gasteiger partial charge in [-0.2, -0.15) is 0 Å². The Balaban J connectivity index is 2.09. The van der Waals surface area contributed by atoms with Crippen LogP contribution >= 0.6 is 0 Å². The molecule has 1 aromatic rings. The zero-order chi connectivity index (χ0) is 15.0. The van der Waals surface area contributed by atoms with Crippen LogP contribution in [-0.2, 0) is 6.42 Å². The van der Waals surface area contributed by atoms with Crippen molar-refractivity contribution in [2.24, 2.45) is 11.1 Å². The molecule has 0 radical (unpaired) electrons. The monoisotopic (exact) mass is 277 g/mol. The second kappa shape index (κ2) is 5.28. The Labute approximate surface area is 122 Å². The van der Waals surface area contributed by atoms with Crippen LogP contribution in [0.15, 0.2) is 18.2 Å². The highest BCUT2D eigenvalue weighted by Crippen LogP contribution is 2.40. The van der Waals surface area contributed by atoms with Gasteiger partial charge in [-0.15, -0.1) is 0 Å². The summed E-state index contributed by atoms with van der Waals surface area (Å²) >= 11 is 0. The average Bonchev–Trinajstić information content (AvgIpc) is 2.61. The number of benzene rings is 1. The van der Waals surface area contributed by atoms with E-state index in [2.05, 4.69) is 13.8 Å². The fourth-order valence-corrected chi connectivity index (χ4v) is 2.94. The molecule has 1 aliphatic carbocycles. The smallest absolute Gasteiger partial charge is 0.161 e. The third-order valence-electron chi connectivity index (χ3n) is 3.90. The maximum atomic E-state index is 9.97. The molecule has 0 saturated heterocycles. The van der Waals surface area contributed by atoms with Crippen LogP contribution in [0.2, 0.25) is 0 Å². The third-order valence-corrected chi connectivity index (χ3v) is 3.90. The third kappa shape index (κ3) is 4.14. The zero-order valence-corrected chi connectivity index (χ0v) is 13.1. The van der Waals surface area contributed by atoms with Crippen molar-refractivity contribution in [1.82, 2.24) is 0 Å². The van der Waals surface area contributed by atoms with Crippen molar-refractivity contribution in [3.8, 4) is 11.5 Å². The van der Waals surface area contributed by atoms with Crippen molar-refractivity contribution >= 4 is 0 Å². The van der Waals surface area contributed by atoms with E-state index in [1.165, 1.54) is 6.42 Å². The Morgan fingerprint density at radius 3 is 2.65 bits per heavy atom. The van der Waals surface area contributed by atoms with E-state index in [0.29, 0.717) is 11.2 Å². The lowest BCUT2D eigenvalue weighted by molar-refractivity contribution is 0.186. The predicted octanol–water partition coefficient (Wildman–Crippen LogP) is 3.63. The highest BCUT2D eigenvalue weighted by atomic mass is 16.5. The molecule has 0 heterocycles. The maximum Gasteiger partial charge on any atom is 0.161 e. The van der Waals surface area contributed by atoms with Gasteiger partial charge >= 0.3 is 0 Å². The molecule has 0 aliphatic heterocycles. The molecule has 0 amide bonds. The zero-order valence-electron chi connectivity index (χ0n) is 13.1. The Bertz CT molecular complexity index is 474. The largest absolute Gasteiger partial charge is 0.504 e. The van der Waals surface area contributed by atoms with E-state index < -0.39 is 0 Å². The van der Waals surface area contributed by atoms with Crippen LogP contribution in [0.5, 0.6) is 11.5 Å². The molecule has 1 aliphatic rings. The van der Waals surface area contributed by atoms with E-state index in [1.807, 2.05) is 26.0 Å². The van der Waals surface area contributed by atoms with Gasteiger partial charge in [0.05, 0.1) is 6.10 Å². The van der Waals surface area contributed by atoms with Gasteiger partial charge in [0.15, 0.2) is 11.5 Å². The first-order valence-electron chi connectivity index (χ1n) is 7.42. The minimum atomic E-state index is -0.260. The molecule has 20 heavy (non-hydrogen) atoms. The lowest BCUT2D eigenvalue weighted by atomic mass is 9.92. The fraction of sp³-hybridized carbons (Fsp3) is 0.647. The first-order chi connectivity index (χ1) is 9.15. The number of ether oxygens (including phenoxy) is 1. The highest BCUT2D eigenvalue weighted by molar-refractivity contribution is 5.42. The minimum Gasteiger partial charge on any atom is -0.504 e. The summed E-state index contributed by atoms with van der Waals surface area (Å²) < 4.78 is 6.01. The number of phenolic OH excluding ortho intramolecular Hbond substituents is 1. The molecular formula is C17H27NO2. The minimum absolute atomic E-state index is 0.206. The number of rotatable bonds is 4. The van der Waals surface area contributed by atoms with Gasteiger partial charge in [-0.25, -0.2) is 0 Å². The molecule has 1 unspecified atom stereocenters. The van der Waals surface area contributed by atoms with Crippen LogP contribution in [0.4, 0.5) is 0 Å². The van der Waals surface area contributed by atoms with Crippen LogP contribution in [-0.4, -0.2) is 16.7 Å². The van der Waals surface area contributed by atoms with Crippen LogP contribution in [0.1, 0.15) is 52.5 Å². The summed E-state index contributed by atoms with van der Waals surface area (Å²) in [5.74, 6) is 0.808. The SMILES string of the molecule is CC(C)(N)Cc1ccc(O)c(OC2CCC(C)(C)C2)c1. The van der Waals surface area contributed by atoms with Gasteiger partial charge in [-0.1, -0.05) is 19.9 Å². The van der Waals surface area contributed by atoms with Crippen molar-refractivity contribution < 1.29 is 9.84 Å². The van der Waals surface area contributed by atoms with Gasteiger partial charge in [0.2, 0.25) is 0 Å². The molecular weight excluding hydrogens is 250 g/mol.